The van der Waals surface area contributed by atoms with Gasteiger partial charge in [0.05, 0.1) is 5.41 Å². The number of aliphatic hydroxyl groups is 1. The zero-order valence-corrected chi connectivity index (χ0v) is 20.4. The van der Waals surface area contributed by atoms with E-state index in [4.69, 9.17) is 0 Å². The molecule has 4 saturated carbocycles. The number of carbonyl (C=O) groups excluding carboxylic acids is 1. The van der Waals surface area contributed by atoms with E-state index in [0.29, 0.717) is 35.5 Å². The van der Waals surface area contributed by atoms with Crippen molar-refractivity contribution in [3.05, 3.63) is 23.0 Å². The Kier molecular flexibility index (Phi) is 4.84. The SMILES string of the molecule is CC1=C2CC[C@@]3(C)[C@@H]4CC[C@@]5(C(=O)O)CC[C@H](C(C)C)[C@@H]5C4CC[C@@H]3[C@@]2(C)C=C(O)C1=O. The lowest BCUT2D eigenvalue weighted by Crippen LogP contribution is -2.59. The molecule has 0 saturated heterocycles. The predicted molar refractivity (Wildman–Crippen MR) is 124 cm³/mol. The minimum absolute atomic E-state index is 0.0793. The number of carboxylic acid groups (broad SMARTS) is 1. The molecule has 2 N–H and O–H groups in total. The maximum Gasteiger partial charge on any atom is 0.309 e. The van der Waals surface area contributed by atoms with E-state index in [-0.39, 0.29) is 22.4 Å². The lowest BCUT2D eigenvalue weighted by molar-refractivity contribution is -0.172. The highest BCUT2D eigenvalue weighted by atomic mass is 16.4. The van der Waals surface area contributed by atoms with Gasteiger partial charge in [-0.05, 0) is 105 Å². The Morgan fingerprint density at radius 2 is 1.78 bits per heavy atom. The topological polar surface area (TPSA) is 74.6 Å². The van der Waals surface area contributed by atoms with Crippen LogP contribution in [0.3, 0.4) is 0 Å². The summed E-state index contributed by atoms with van der Waals surface area (Å²) in [6.07, 6.45) is 9.72. The molecule has 4 nitrogen and oxygen atoms in total. The smallest absolute Gasteiger partial charge is 0.309 e. The van der Waals surface area contributed by atoms with Crippen LogP contribution in [0.5, 0.6) is 0 Å². The molecule has 5 aliphatic rings. The number of carbonyl (C=O) groups is 2. The molecule has 0 spiro atoms. The standard InChI is InChI=1S/C28H40O4/c1-15(2)17-8-12-28(25(31)32)13-10-20-18(23(17)28)6-7-22-26(20,4)11-9-19-16(3)24(30)21(29)14-27(19,22)5/h14-15,17-18,20,22-23,29H,6-13H2,1-5H3,(H,31,32)/t17-,18?,20-,22+,23-,26+,27+,28+/m1/s1. The quantitative estimate of drug-likeness (QED) is 0.527. The van der Waals surface area contributed by atoms with Crippen molar-refractivity contribution in [2.75, 3.05) is 0 Å². The van der Waals surface area contributed by atoms with Crippen LogP contribution in [-0.4, -0.2) is 22.0 Å². The minimum atomic E-state index is -0.550. The number of fused-ring (bicyclic) bond motifs is 7. The van der Waals surface area contributed by atoms with E-state index in [0.717, 1.165) is 56.9 Å². The summed E-state index contributed by atoms with van der Waals surface area (Å²) in [7, 11) is 0. The fraction of sp³-hybridized carbons (Fsp3) is 0.786. The largest absolute Gasteiger partial charge is 0.504 e. The summed E-state index contributed by atoms with van der Waals surface area (Å²) < 4.78 is 0. The molecule has 4 heteroatoms. The van der Waals surface area contributed by atoms with Gasteiger partial charge in [-0.15, -0.1) is 0 Å². The molecule has 1 unspecified atom stereocenters. The summed E-state index contributed by atoms with van der Waals surface area (Å²) >= 11 is 0. The van der Waals surface area contributed by atoms with E-state index in [9.17, 15) is 19.8 Å². The fourth-order valence-electron chi connectivity index (χ4n) is 10.0. The monoisotopic (exact) mass is 440 g/mol. The normalized spacial score (nSPS) is 48.0. The summed E-state index contributed by atoms with van der Waals surface area (Å²) in [6.45, 7) is 11.2. The predicted octanol–water partition coefficient (Wildman–Crippen LogP) is 6.32. The molecule has 5 aliphatic carbocycles. The highest BCUT2D eigenvalue weighted by molar-refractivity contribution is 6.08. The molecule has 4 fully saturated rings. The molecule has 0 radical (unpaired) electrons. The van der Waals surface area contributed by atoms with E-state index in [2.05, 4.69) is 27.7 Å². The van der Waals surface area contributed by atoms with Crippen molar-refractivity contribution < 1.29 is 19.8 Å². The van der Waals surface area contributed by atoms with E-state index in [1.54, 1.807) is 0 Å². The van der Waals surface area contributed by atoms with E-state index >= 15 is 0 Å². The van der Waals surface area contributed by atoms with Crippen molar-refractivity contribution >= 4 is 11.8 Å². The van der Waals surface area contributed by atoms with Gasteiger partial charge >= 0.3 is 5.97 Å². The minimum Gasteiger partial charge on any atom is -0.504 e. The van der Waals surface area contributed by atoms with Gasteiger partial charge in [-0.1, -0.05) is 33.3 Å². The van der Waals surface area contributed by atoms with Gasteiger partial charge in [-0.3, -0.25) is 9.59 Å². The van der Waals surface area contributed by atoms with Gasteiger partial charge in [0.1, 0.15) is 0 Å². The first-order valence-electron chi connectivity index (χ1n) is 12.9. The summed E-state index contributed by atoms with van der Waals surface area (Å²) in [5.41, 5.74) is 1.32. The summed E-state index contributed by atoms with van der Waals surface area (Å²) in [5, 5.41) is 20.9. The highest BCUT2D eigenvalue weighted by Crippen LogP contribution is 2.71. The van der Waals surface area contributed by atoms with Crippen molar-refractivity contribution in [2.24, 2.45) is 51.8 Å². The van der Waals surface area contributed by atoms with Gasteiger partial charge in [0, 0.05) is 11.0 Å². The van der Waals surface area contributed by atoms with Crippen LogP contribution in [0.25, 0.3) is 0 Å². The number of rotatable bonds is 2. The molecular weight excluding hydrogens is 400 g/mol. The molecule has 176 valence electrons. The fourth-order valence-corrected chi connectivity index (χ4v) is 10.0. The number of Topliss-reactive ketones (excluding diaryl/α,β-unsaturated/α-hetero) is 1. The second-order valence-corrected chi connectivity index (χ2v) is 12.6. The first-order valence-corrected chi connectivity index (χ1v) is 12.9. The van der Waals surface area contributed by atoms with Crippen molar-refractivity contribution in [3.8, 4) is 0 Å². The maximum atomic E-state index is 12.6. The molecule has 0 amide bonds. The number of hydrogen-bond donors (Lipinski definition) is 2. The second kappa shape index (κ2) is 6.96. The third-order valence-electron chi connectivity index (χ3n) is 11.4. The van der Waals surface area contributed by atoms with E-state index in [1.165, 1.54) is 5.57 Å². The van der Waals surface area contributed by atoms with Crippen LogP contribution in [0.1, 0.15) is 86.0 Å². The van der Waals surface area contributed by atoms with Crippen LogP contribution < -0.4 is 0 Å². The van der Waals surface area contributed by atoms with Gasteiger partial charge in [0.15, 0.2) is 5.76 Å². The van der Waals surface area contributed by atoms with Crippen molar-refractivity contribution in [3.63, 3.8) is 0 Å². The van der Waals surface area contributed by atoms with Crippen LogP contribution in [0, 0.1) is 51.8 Å². The second-order valence-electron chi connectivity index (χ2n) is 12.6. The third kappa shape index (κ3) is 2.61. The van der Waals surface area contributed by atoms with Crippen molar-refractivity contribution in [1.82, 2.24) is 0 Å². The van der Waals surface area contributed by atoms with E-state index < -0.39 is 11.4 Å². The van der Waals surface area contributed by atoms with Crippen LogP contribution in [0.2, 0.25) is 0 Å². The Morgan fingerprint density at radius 1 is 1.09 bits per heavy atom. The summed E-state index contributed by atoms with van der Waals surface area (Å²) in [5.74, 6) is 1.89. The molecule has 8 atom stereocenters. The van der Waals surface area contributed by atoms with Crippen LogP contribution in [0.4, 0.5) is 0 Å². The third-order valence-corrected chi connectivity index (χ3v) is 11.4. The van der Waals surface area contributed by atoms with E-state index in [1.807, 2.05) is 13.0 Å². The zero-order chi connectivity index (χ0) is 23.2. The van der Waals surface area contributed by atoms with Gasteiger partial charge < -0.3 is 10.2 Å². The van der Waals surface area contributed by atoms with Gasteiger partial charge in [-0.2, -0.15) is 0 Å². The molecule has 0 aromatic heterocycles. The Labute approximate surface area is 192 Å². The lowest BCUT2D eigenvalue weighted by atomic mass is 9.39. The first-order chi connectivity index (χ1) is 15.0. The number of aliphatic hydroxyl groups excluding tert-OH is 1. The first kappa shape index (κ1) is 22.2. The Balaban J connectivity index is 1.56. The van der Waals surface area contributed by atoms with Crippen LogP contribution >= 0.6 is 0 Å². The Hall–Kier alpha value is -1.58. The Bertz CT molecular complexity index is 928. The van der Waals surface area contributed by atoms with Gasteiger partial charge in [-0.25, -0.2) is 0 Å². The number of allylic oxidation sites excluding steroid dienone is 3. The molecule has 0 heterocycles. The molecule has 0 aromatic rings. The molecule has 0 aliphatic heterocycles. The number of hydrogen-bond acceptors (Lipinski definition) is 3. The highest BCUT2D eigenvalue weighted by Gasteiger charge is 2.66. The van der Waals surface area contributed by atoms with Gasteiger partial charge in [0.2, 0.25) is 5.78 Å². The Morgan fingerprint density at radius 3 is 2.44 bits per heavy atom. The molecule has 0 aromatic carbocycles. The average Bonchev–Trinajstić information content (AvgIpc) is 3.13. The molecule has 32 heavy (non-hydrogen) atoms. The van der Waals surface area contributed by atoms with Crippen molar-refractivity contribution in [2.45, 2.75) is 86.0 Å². The number of carboxylic acids is 1. The zero-order valence-electron chi connectivity index (χ0n) is 20.4. The molecular formula is C28H40O4. The van der Waals surface area contributed by atoms with Crippen molar-refractivity contribution in [1.29, 1.82) is 0 Å². The van der Waals surface area contributed by atoms with Crippen LogP contribution in [-0.2, 0) is 9.59 Å². The molecule has 5 rings (SSSR count). The average molecular weight is 441 g/mol. The van der Waals surface area contributed by atoms with Gasteiger partial charge in [0.25, 0.3) is 0 Å². The number of ketones is 1. The number of aliphatic carboxylic acids is 1. The lowest BCUT2D eigenvalue weighted by Gasteiger charge is -2.64. The maximum absolute atomic E-state index is 12.6. The summed E-state index contributed by atoms with van der Waals surface area (Å²) in [6, 6.07) is 0. The van der Waals surface area contributed by atoms with Crippen LogP contribution in [0.15, 0.2) is 23.0 Å². The summed E-state index contributed by atoms with van der Waals surface area (Å²) in [4.78, 5) is 25.1. The molecule has 0 bridgehead atoms.